The molecule has 0 unspecified atom stereocenters. The number of nitrogens with zero attached hydrogens (tertiary/aromatic N) is 2. The van der Waals surface area contributed by atoms with E-state index >= 15 is 0 Å². The van der Waals surface area contributed by atoms with Crippen molar-refractivity contribution >= 4 is 18.2 Å². The molecule has 4 heteroatoms. The van der Waals surface area contributed by atoms with Crippen molar-refractivity contribution in [2.45, 2.75) is 46.1 Å². The van der Waals surface area contributed by atoms with Crippen LogP contribution >= 0.6 is 12.4 Å². The Morgan fingerprint density at radius 3 is 2.07 bits per heavy atom. The highest BCUT2D eigenvalue weighted by Gasteiger charge is 2.19. The lowest BCUT2D eigenvalue weighted by Gasteiger charge is -2.14. The summed E-state index contributed by atoms with van der Waals surface area (Å²) in [4.78, 5) is 0. The zero-order chi connectivity index (χ0) is 10.2. The van der Waals surface area contributed by atoms with Crippen LogP contribution in [0.5, 0.6) is 0 Å². The zero-order valence-electron chi connectivity index (χ0n) is 9.53. The summed E-state index contributed by atoms with van der Waals surface area (Å²) in [6, 6.07) is 2.29. The number of rotatable bonds is 1. The summed E-state index contributed by atoms with van der Waals surface area (Å²) in [5.74, 6) is 0.750. The number of nitrogen functional groups attached to an aromatic ring is 1. The second-order valence-electron chi connectivity index (χ2n) is 4.74. The van der Waals surface area contributed by atoms with Crippen molar-refractivity contribution in [2.24, 2.45) is 0 Å². The Kier molecular flexibility index (Phi) is 4.01. The SMILES string of the molecule is CC(C)n1nc(C(C)(C)C)cc1N.Cl. The van der Waals surface area contributed by atoms with Gasteiger partial charge < -0.3 is 5.73 Å². The van der Waals surface area contributed by atoms with Crippen LogP contribution in [0.3, 0.4) is 0 Å². The molecule has 0 bridgehead atoms. The van der Waals surface area contributed by atoms with Crippen molar-refractivity contribution in [1.82, 2.24) is 9.78 Å². The van der Waals surface area contributed by atoms with Gasteiger partial charge in [0.2, 0.25) is 0 Å². The summed E-state index contributed by atoms with van der Waals surface area (Å²) >= 11 is 0. The van der Waals surface area contributed by atoms with E-state index in [2.05, 4.69) is 39.7 Å². The molecule has 1 aromatic heterocycles. The number of nitrogens with two attached hydrogens (primary N) is 1. The molecule has 0 saturated carbocycles. The average Bonchev–Trinajstić information content (AvgIpc) is 2.29. The summed E-state index contributed by atoms with van der Waals surface area (Å²) < 4.78 is 1.86. The van der Waals surface area contributed by atoms with E-state index in [-0.39, 0.29) is 17.8 Å². The predicted octanol–water partition coefficient (Wildman–Crippen LogP) is 2.77. The van der Waals surface area contributed by atoms with Crippen molar-refractivity contribution in [1.29, 1.82) is 0 Å². The first kappa shape index (κ1) is 13.3. The van der Waals surface area contributed by atoms with Crippen LogP contribution in [0.25, 0.3) is 0 Å². The number of aromatic nitrogens is 2. The smallest absolute Gasteiger partial charge is 0.122 e. The third-order valence-corrected chi connectivity index (χ3v) is 2.02. The lowest BCUT2D eigenvalue weighted by atomic mass is 9.92. The van der Waals surface area contributed by atoms with Gasteiger partial charge in [0.25, 0.3) is 0 Å². The first-order valence-corrected chi connectivity index (χ1v) is 4.68. The Morgan fingerprint density at radius 2 is 1.86 bits per heavy atom. The maximum Gasteiger partial charge on any atom is 0.122 e. The largest absolute Gasteiger partial charge is 0.384 e. The van der Waals surface area contributed by atoms with Crippen molar-refractivity contribution in [3.05, 3.63) is 11.8 Å². The first-order chi connectivity index (χ1) is 5.82. The first-order valence-electron chi connectivity index (χ1n) is 4.68. The summed E-state index contributed by atoms with van der Waals surface area (Å²) in [5, 5.41) is 4.47. The molecule has 0 saturated heterocycles. The Bertz CT molecular complexity index is 297. The van der Waals surface area contributed by atoms with Crippen LogP contribution in [0, 0.1) is 0 Å². The highest BCUT2D eigenvalue weighted by atomic mass is 35.5. The van der Waals surface area contributed by atoms with Gasteiger partial charge in [-0.25, -0.2) is 4.68 Å². The molecule has 1 aromatic rings. The molecule has 0 fully saturated rings. The third kappa shape index (κ3) is 2.64. The molecule has 1 heterocycles. The fourth-order valence-corrected chi connectivity index (χ4v) is 1.19. The van der Waals surface area contributed by atoms with Gasteiger partial charge in [-0.3, -0.25) is 0 Å². The van der Waals surface area contributed by atoms with E-state index in [1.807, 2.05) is 10.7 Å². The quantitative estimate of drug-likeness (QED) is 0.786. The summed E-state index contributed by atoms with van der Waals surface area (Å²) in [7, 11) is 0. The minimum absolute atomic E-state index is 0. The standard InChI is InChI=1S/C10H19N3.ClH/c1-7(2)13-9(11)6-8(12-13)10(3,4)5;/h6-7H,11H2,1-5H3;1H. The minimum Gasteiger partial charge on any atom is -0.384 e. The van der Waals surface area contributed by atoms with Crippen LogP contribution in [-0.4, -0.2) is 9.78 Å². The maximum absolute atomic E-state index is 5.84. The van der Waals surface area contributed by atoms with Crippen molar-refractivity contribution in [2.75, 3.05) is 5.73 Å². The maximum atomic E-state index is 5.84. The van der Waals surface area contributed by atoms with Crippen LogP contribution in [0.2, 0.25) is 0 Å². The Balaban J connectivity index is 0.00000169. The lowest BCUT2D eigenvalue weighted by molar-refractivity contribution is 0.499. The van der Waals surface area contributed by atoms with E-state index in [4.69, 9.17) is 5.73 Å². The molecule has 0 aromatic carbocycles. The normalized spacial score (nSPS) is 11.6. The van der Waals surface area contributed by atoms with Crippen LogP contribution in [-0.2, 0) is 5.41 Å². The molecule has 0 aliphatic carbocycles. The molecule has 0 spiro atoms. The lowest BCUT2D eigenvalue weighted by Crippen LogP contribution is -2.13. The molecule has 0 aliphatic heterocycles. The Hall–Kier alpha value is -0.700. The molecule has 14 heavy (non-hydrogen) atoms. The van der Waals surface area contributed by atoms with Gasteiger partial charge in [-0.2, -0.15) is 5.10 Å². The van der Waals surface area contributed by atoms with Gasteiger partial charge in [0.05, 0.1) is 5.69 Å². The monoisotopic (exact) mass is 217 g/mol. The number of hydrogen-bond acceptors (Lipinski definition) is 2. The summed E-state index contributed by atoms with van der Waals surface area (Å²) in [5.41, 5.74) is 6.97. The molecule has 2 N–H and O–H groups in total. The fraction of sp³-hybridized carbons (Fsp3) is 0.700. The molecule has 0 aliphatic rings. The average molecular weight is 218 g/mol. The van der Waals surface area contributed by atoms with E-state index in [1.165, 1.54) is 0 Å². The minimum atomic E-state index is 0. The van der Waals surface area contributed by atoms with E-state index in [9.17, 15) is 0 Å². The van der Waals surface area contributed by atoms with E-state index in [1.54, 1.807) is 0 Å². The van der Waals surface area contributed by atoms with Crippen molar-refractivity contribution in [3.63, 3.8) is 0 Å². The van der Waals surface area contributed by atoms with E-state index in [0.717, 1.165) is 11.5 Å². The van der Waals surface area contributed by atoms with Gasteiger partial charge in [-0.1, -0.05) is 20.8 Å². The van der Waals surface area contributed by atoms with Crippen molar-refractivity contribution in [3.8, 4) is 0 Å². The number of hydrogen-bond donors (Lipinski definition) is 1. The van der Waals surface area contributed by atoms with Gasteiger partial charge >= 0.3 is 0 Å². The van der Waals surface area contributed by atoms with Gasteiger partial charge in [0.1, 0.15) is 5.82 Å². The highest BCUT2D eigenvalue weighted by Crippen LogP contribution is 2.24. The number of halogens is 1. The molecule has 82 valence electrons. The molecule has 1 rings (SSSR count). The highest BCUT2D eigenvalue weighted by molar-refractivity contribution is 5.85. The van der Waals surface area contributed by atoms with Gasteiger partial charge in [-0.15, -0.1) is 12.4 Å². The van der Waals surface area contributed by atoms with E-state index < -0.39 is 0 Å². The molecule has 0 atom stereocenters. The van der Waals surface area contributed by atoms with Crippen LogP contribution in [0.15, 0.2) is 6.07 Å². The summed E-state index contributed by atoms with van der Waals surface area (Å²) in [6.45, 7) is 10.6. The molecule has 0 radical (unpaired) electrons. The third-order valence-electron chi connectivity index (χ3n) is 2.02. The Morgan fingerprint density at radius 1 is 1.36 bits per heavy atom. The zero-order valence-corrected chi connectivity index (χ0v) is 10.4. The molecular formula is C10H20ClN3. The predicted molar refractivity (Wildman–Crippen MR) is 63.0 cm³/mol. The van der Waals surface area contributed by atoms with Crippen molar-refractivity contribution < 1.29 is 0 Å². The topological polar surface area (TPSA) is 43.8 Å². The second-order valence-corrected chi connectivity index (χ2v) is 4.74. The van der Waals surface area contributed by atoms with Crippen LogP contribution in [0.4, 0.5) is 5.82 Å². The molecular weight excluding hydrogens is 198 g/mol. The second kappa shape index (κ2) is 4.22. The van der Waals surface area contributed by atoms with Gasteiger partial charge in [0, 0.05) is 17.5 Å². The van der Waals surface area contributed by atoms with Crippen LogP contribution in [0.1, 0.15) is 46.4 Å². The summed E-state index contributed by atoms with van der Waals surface area (Å²) in [6.07, 6.45) is 0. The molecule has 0 amide bonds. The Labute approximate surface area is 92.1 Å². The van der Waals surface area contributed by atoms with Crippen LogP contribution < -0.4 is 5.73 Å². The van der Waals surface area contributed by atoms with Gasteiger partial charge in [0.15, 0.2) is 0 Å². The number of anilines is 1. The molecule has 3 nitrogen and oxygen atoms in total. The van der Waals surface area contributed by atoms with Gasteiger partial charge in [-0.05, 0) is 13.8 Å². The van der Waals surface area contributed by atoms with E-state index in [0.29, 0.717) is 6.04 Å². The fourth-order valence-electron chi connectivity index (χ4n) is 1.19.